The molecular weight excluding hydrogens is 292 g/mol. The van der Waals surface area contributed by atoms with E-state index in [1.54, 1.807) is 23.1 Å². The van der Waals surface area contributed by atoms with Crippen LogP contribution in [0.2, 0.25) is 0 Å². The van der Waals surface area contributed by atoms with Crippen molar-refractivity contribution in [3.63, 3.8) is 0 Å². The number of nitrogens with zero attached hydrogens (tertiary/aromatic N) is 1. The smallest absolute Gasteiger partial charge is 0.151 e. The highest BCUT2D eigenvalue weighted by Crippen LogP contribution is 2.40. The lowest BCUT2D eigenvalue weighted by molar-refractivity contribution is 0.959. The Bertz CT molecular complexity index is 654. The molecule has 2 nitrogen and oxygen atoms in total. The molecule has 0 aliphatic carbocycles. The summed E-state index contributed by atoms with van der Waals surface area (Å²) in [5.74, 6) is 0. The normalized spacial score (nSPS) is 12.9. The topological polar surface area (TPSA) is 38.9 Å². The summed E-state index contributed by atoms with van der Waals surface area (Å²) >= 11 is 5.34. The molecule has 1 unspecified atom stereocenters. The van der Waals surface area contributed by atoms with E-state index in [9.17, 15) is 0 Å². The Labute approximate surface area is 124 Å². The molecule has 0 fully saturated rings. The first kappa shape index (κ1) is 13.1. The number of para-hydroxylation sites is 1. The molecule has 1 aromatic carbocycles. The molecule has 3 rings (SSSR count). The van der Waals surface area contributed by atoms with Gasteiger partial charge in [0.1, 0.15) is 0 Å². The third kappa shape index (κ3) is 2.84. The van der Waals surface area contributed by atoms with Crippen LogP contribution in [0.3, 0.4) is 0 Å². The van der Waals surface area contributed by atoms with Gasteiger partial charge in [0.05, 0.1) is 15.5 Å². The van der Waals surface area contributed by atoms with Crippen LogP contribution in [-0.2, 0) is 0 Å². The maximum Gasteiger partial charge on any atom is 0.151 e. The molecule has 5 heteroatoms. The number of hydrogen-bond acceptors (Lipinski definition) is 5. The molecule has 0 saturated carbocycles. The Morgan fingerprint density at radius 3 is 2.74 bits per heavy atom. The van der Waals surface area contributed by atoms with E-state index in [0.29, 0.717) is 11.8 Å². The Kier molecular flexibility index (Phi) is 3.88. The maximum atomic E-state index is 5.92. The Hall–Kier alpha value is -0.880. The van der Waals surface area contributed by atoms with Crippen molar-refractivity contribution >= 4 is 44.7 Å². The average Bonchev–Trinajstić information content (AvgIpc) is 3.01. The molecule has 0 spiro atoms. The van der Waals surface area contributed by atoms with Crippen LogP contribution in [0.25, 0.3) is 10.2 Å². The third-order valence-corrected chi connectivity index (χ3v) is 6.47. The number of thiophene rings is 1. The van der Waals surface area contributed by atoms with Gasteiger partial charge < -0.3 is 5.73 Å². The van der Waals surface area contributed by atoms with E-state index in [-0.39, 0.29) is 0 Å². The standard InChI is InChI=1S/C14H14N2S3/c1-9-6-7-12(17-9)13(8-15)19-14-16-10-4-2-3-5-11(10)18-14/h2-7,13H,8,15H2,1H3. The summed E-state index contributed by atoms with van der Waals surface area (Å²) < 4.78 is 2.34. The zero-order valence-electron chi connectivity index (χ0n) is 10.5. The lowest BCUT2D eigenvalue weighted by Crippen LogP contribution is -2.07. The van der Waals surface area contributed by atoms with E-state index in [4.69, 9.17) is 5.73 Å². The molecule has 0 bridgehead atoms. The fourth-order valence-corrected chi connectivity index (χ4v) is 5.22. The Morgan fingerprint density at radius 1 is 1.21 bits per heavy atom. The van der Waals surface area contributed by atoms with Crippen LogP contribution in [0, 0.1) is 6.92 Å². The molecule has 19 heavy (non-hydrogen) atoms. The second kappa shape index (κ2) is 5.63. The number of aryl methyl sites for hydroxylation is 1. The van der Waals surface area contributed by atoms with Crippen LogP contribution < -0.4 is 5.73 Å². The molecule has 0 aliphatic rings. The SMILES string of the molecule is Cc1ccc(C(CN)Sc2nc3ccccc3s2)s1. The number of aromatic nitrogens is 1. The molecule has 0 amide bonds. The van der Waals surface area contributed by atoms with Crippen molar-refractivity contribution in [2.45, 2.75) is 16.5 Å². The lowest BCUT2D eigenvalue weighted by atomic mass is 10.3. The summed E-state index contributed by atoms with van der Waals surface area (Å²) in [5.41, 5.74) is 7.00. The maximum absolute atomic E-state index is 5.92. The molecule has 0 aliphatic heterocycles. The van der Waals surface area contributed by atoms with E-state index >= 15 is 0 Å². The lowest BCUT2D eigenvalue weighted by Gasteiger charge is -2.09. The molecule has 0 radical (unpaired) electrons. The molecule has 98 valence electrons. The van der Waals surface area contributed by atoms with E-state index in [0.717, 1.165) is 9.86 Å². The number of benzene rings is 1. The average molecular weight is 306 g/mol. The van der Waals surface area contributed by atoms with E-state index < -0.39 is 0 Å². The first-order valence-electron chi connectivity index (χ1n) is 6.05. The Balaban J connectivity index is 1.86. The highest BCUT2D eigenvalue weighted by molar-refractivity contribution is 8.01. The van der Waals surface area contributed by atoms with Gasteiger partial charge in [0.15, 0.2) is 4.34 Å². The fourth-order valence-electron chi connectivity index (χ4n) is 1.87. The monoisotopic (exact) mass is 306 g/mol. The van der Waals surface area contributed by atoms with Crippen molar-refractivity contribution in [2.75, 3.05) is 6.54 Å². The zero-order valence-corrected chi connectivity index (χ0v) is 12.9. The number of nitrogens with two attached hydrogens (primary N) is 1. The van der Waals surface area contributed by atoms with Crippen molar-refractivity contribution in [3.8, 4) is 0 Å². The van der Waals surface area contributed by atoms with Crippen molar-refractivity contribution in [1.29, 1.82) is 0 Å². The summed E-state index contributed by atoms with van der Waals surface area (Å²) in [6, 6.07) is 12.6. The summed E-state index contributed by atoms with van der Waals surface area (Å²) in [5, 5.41) is 0.305. The number of fused-ring (bicyclic) bond motifs is 1. The molecular formula is C14H14N2S3. The van der Waals surface area contributed by atoms with E-state index in [2.05, 4.69) is 42.2 Å². The van der Waals surface area contributed by atoms with Gasteiger partial charge in [0, 0.05) is 16.3 Å². The predicted molar refractivity (Wildman–Crippen MR) is 86.3 cm³/mol. The van der Waals surface area contributed by atoms with Gasteiger partial charge in [-0.3, -0.25) is 0 Å². The quantitative estimate of drug-likeness (QED) is 0.723. The first-order chi connectivity index (χ1) is 9.26. The number of thioether (sulfide) groups is 1. The minimum absolute atomic E-state index is 0.305. The second-order valence-electron chi connectivity index (χ2n) is 4.24. The van der Waals surface area contributed by atoms with Crippen molar-refractivity contribution < 1.29 is 0 Å². The van der Waals surface area contributed by atoms with Crippen molar-refractivity contribution in [1.82, 2.24) is 4.98 Å². The van der Waals surface area contributed by atoms with Gasteiger partial charge in [-0.15, -0.1) is 22.7 Å². The minimum Gasteiger partial charge on any atom is -0.329 e. The van der Waals surface area contributed by atoms with Gasteiger partial charge in [0.25, 0.3) is 0 Å². The van der Waals surface area contributed by atoms with Gasteiger partial charge in [-0.2, -0.15) is 0 Å². The van der Waals surface area contributed by atoms with Crippen LogP contribution >= 0.6 is 34.4 Å². The summed E-state index contributed by atoms with van der Waals surface area (Å²) in [6.07, 6.45) is 0. The van der Waals surface area contributed by atoms with Gasteiger partial charge in [-0.1, -0.05) is 23.9 Å². The van der Waals surface area contributed by atoms with E-state index in [1.807, 2.05) is 17.4 Å². The molecule has 2 N–H and O–H groups in total. The second-order valence-corrected chi connectivity index (χ2v) is 8.04. The zero-order chi connectivity index (χ0) is 13.2. The highest BCUT2D eigenvalue weighted by Gasteiger charge is 2.15. The summed E-state index contributed by atoms with van der Waals surface area (Å²) in [4.78, 5) is 7.33. The number of rotatable bonds is 4. The minimum atomic E-state index is 0.305. The summed E-state index contributed by atoms with van der Waals surface area (Å²) in [7, 11) is 0. The van der Waals surface area contributed by atoms with Crippen LogP contribution in [-0.4, -0.2) is 11.5 Å². The van der Waals surface area contributed by atoms with Gasteiger partial charge in [0.2, 0.25) is 0 Å². The first-order valence-corrected chi connectivity index (χ1v) is 8.56. The van der Waals surface area contributed by atoms with Gasteiger partial charge in [-0.25, -0.2) is 4.98 Å². The van der Waals surface area contributed by atoms with Crippen LogP contribution in [0.5, 0.6) is 0 Å². The molecule has 2 heterocycles. The van der Waals surface area contributed by atoms with Crippen LogP contribution in [0.1, 0.15) is 15.0 Å². The van der Waals surface area contributed by atoms with Crippen molar-refractivity contribution in [2.24, 2.45) is 5.73 Å². The van der Waals surface area contributed by atoms with E-state index in [1.165, 1.54) is 14.5 Å². The largest absolute Gasteiger partial charge is 0.329 e. The Morgan fingerprint density at radius 2 is 2.05 bits per heavy atom. The van der Waals surface area contributed by atoms with Gasteiger partial charge in [-0.05, 0) is 31.2 Å². The molecule has 1 atom stereocenters. The number of hydrogen-bond donors (Lipinski definition) is 1. The molecule has 2 aromatic heterocycles. The van der Waals surface area contributed by atoms with Crippen molar-refractivity contribution in [3.05, 3.63) is 46.2 Å². The summed E-state index contributed by atoms with van der Waals surface area (Å²) in [6.45, 7) is 2.77. The highest BCUT2D eigenvalue weighted by atomic mass is 32.2. The van der Waals surface area contributed by atoms with Gasteiger partial charge >= 0.3 is 0 Å². The molecule has 0 saturated heterocycles. The molecule has 3 aromatic rings. The van der Waals surface area contributed by atoms with Crippen LogP contribution in [0.4, 0.5) is 0 Å². The third-order valence-electron chi connectivity index (χ3n) is 2.81. The van der Waals surface area contributed by atoms with Crippen LogP contribution in [0.15, 0.2) is 40.7 Å². The number of thiazole rings is 1. The fraction of sp³-hybridized carbons (Fsp3) is 0.214. The predicted octanol–water partition coefficient (Wildman–Crippen LogP) is 4.46.